The van der Waals surface area contributed by atoms with Crippen LogP contribution in [0, 0.1) is 0 Å². The van der Waals surface area contributed by atoms with Gasteiger partial charge in [0.25, 0.3) is 5.91 Å². The molecular weight excluding hydrogens is 302 g/mol. The van der Waals surface area contributed by atoms with Gasteiger partial charge >= 0.3 is 0 Å². The standard InChI is InChI=1S/C15H17N3O3S/c1-2-10-22(20,21)18-14-11-16-9-8-13(14)17-15(19)12-6-4-3-5-7-12/h3-9,11,18H,2,10H2,1H3,(H,16,17,19). The average Bonchev–Trinajstić information content (AvgIpc) is 2.49. The second kappa shape index (κ2) is 7.04. The highest BCUT2D eigenvalue weighted by molar-refractivity contribution is 7.92. The summed E-state index contributed by atoms with van der Waals surface area (Å²) in [7, 11) is -3.45. The van der Waals surface area contributed by atoms with E-state index in [2.05, 4.69) is 15.0 Å². The quantitative estimate of drug-likeness (QED) is 0.856. The summed E-state index contributed by atoms with van der Waals surface area (Å²) < 4.78 is 26.2. The van der Waals surface area contributed by atoms with Gasteiger partial charge in [0.2, 0.25) is 10.0 Å². The molecule has 1 aromatic carbocycles. The number of benzene rings is 1. The first-order chi connectivity index (χ1) is 10.5. The summed E-state index contributed by atoms with van der Waals surface area (Å²) in [6, 6.07) is 10.2. The monoisotopic (exact) mass is 319 g/mol. The number of aromatic nitrogens is 1. The Morgan fingerprint density at radius 3 is 2.55 bits per heavy atom. The molecule has 22 heavy (non-hydrogen) atoms. The molecule has 0 spiro atoms. The van der Waals surface area contributed by atoms with Gasteiger partial charge in [0, 0.05) is 11.8 Å². The maximum absolute atomic E-state index is 12.1. The highest BCUT2D eigenvalue weighted by Gasteiger charge is 2.14. The molecule has 2 rings (SSSR count). The number of carbonyl (C=O) groups is 1. The summed E-state index contributed by atoms with van der Waals surface area (Å²) in [6.45, 7) is 1.78. The Kier molecular flexibility index (Phi) is 5.11. The Morgan fingerprint density at radius 1 is 1.14 bits per heavy atom. The van der Waals surface area contributed by atoms with Crippen LogP contribution in [0.4, 0.5) is 11.4 Å². The third-order valence-electron chi connectivity index (χ3n) is 2.84. The number of carbonyl (C=O) groups excluding carboxylic acids is 1. The highest BCUT2D eigenvalue weighted by atomic mass is 32.2. The lowest BCUT2D eigenvalue weighted by atomic mass is 10.2. The van der Waals surface area contributed by atoms with E-state index in [0.29, 0.717) is 17.7 Å². The summed E-state index contributed by atoms with van der Waals surface area (Å²) in [5.74, 6) is -0.309. The molecule has 2 N–H and O–H groups in total. The minimum Gasteiger partial charge on any atom is -0.320 e. The maximum Gasteiger partial charge on any atom is 0.255 e. The summed E-state index contributed by atoms with van der Waals surface area (Å²) in [5.41, 5.74) is 1.10. The Hall–Kier alpha value is -2.41. The number of pyridine rings is 1. The van der Waals surface area contributed by atoms with E-state index >= 15 is 0 Å². The molecule has 0 unspecified atom stereocenters. The van der Waals surface area contributed by atoms with Crippen LogP contribution in [0.2, 0.25) is 0 Å². The van der Waals surface area contributed by atoms with E-state index in [1.807, 2.05) is 6.07 Å². The van der Waals surface area contributed by atoms with Crippen LogP contribution in [0.1, 0.15) is 23.7 Å². The van der Waals surface area contributed by atoms with E-state index in [1.165, 1.54) is 12.4 Å². The van der Waals surface area contributed by atoms with Crippen LogP contribution in [0.3, 0.4) is 0 Å². The lowest BCUT2D eigenvalue weighted by molar-refractivity contribution is 0.102. The number of anilines is 2. The predicted octanol–water partition coefficient (Wildman–Crippen LogP) is 2.49. The zero-order valence-electron chi connectivity index (χ0n) is 12.1. The summed E-state index contributed by atoms with van der Waals surface area (Å²) in [6.07, 6.45) is 3.35. The largest absolute Gasteiger partial charge is 0.320 e. The second-order valence-electron chi connectivity index (χ2n) is 4.66. The smallest absolute Gasteiger partial charge is 0.255 e. The lowest BCUT2D eigenvalue weighted by Crippen LogP contribution is -2.19. The molecule has 1 heterocycles. The van der Waals surface area contributed by atoms with Crippen LogP contribution >= 0.6 is 0 Å². The summed E-state index contributed by atoms with van der Waals surface area (Å²) >= 11 is 0. The van der Waals surface area contributed by atoms with Gasteiger partial charge in [0.05, 0.1) is 23.3 Å². The molecule has 116 valence electrons. The maximum atomic E-state index is 12.1. The fourth-order valence-electron chi connectivity index (χ4n) is 1.86. The molecule has 1 amide bonds. The predicted molar refractivity (Wildman–Crippen MR) is 86.3 cm³/mol. The molecule has 0 saturated heterocycles. The first kappa shape index (κ1) is 16.0. The van der Waals surface area contributed by atoms with E-state index in [4.69, 9.17) is 0 Å². The van der Waals surface area contributed by atoms with Crippen molar-refractivity contribution in [3.63, 3.8) is 0 Å². The SMILES string of the molecule is CCCS(=O)(=O)Nc1cnccc1NC(=O)c1ccccc1. The molecule has 0 bridgehead atoms. The van der Waals surface area contributed by atoms with Crippen LogP contribution in [0.5, 0.6) is 0 Å². The molecule has 0 saturated carbocycles. The third-order valence-corrected chi connectivity index (χ3v) is 4.32. The Balaban J connectivity index is 2.20. The number of nitrogens with one attached hydrogen (secondary N) is 2. The molecule has 0 aliphatic rings. The fourth-order valence-corrected chi connectivity index (χ4v) is 2.99. The van der Waals surface area contributed by atoms with Crippen molar-refractivity contribution in [2.45, 2.75) is 13.3 Å². The van der Waals surface area contributed by atoms with Gasteiger partial charge in [0.1, 0.15) is 0 Å². The van der Waals surface area contributed by atoms with Gasteiger partial charge in [-0.25, -0.2) is 8.42 Å². The number of sulfonamides is 1. The van der Waals surface area contributed by atoms with Crippen LogP contribution < -0.4 is 10.0 Å². The van der Waals surface area contributed by atoms with Gasteiger partial charge < -0.3 is 5.32 Å². The van der Waals surface area contributed by atoms with Crippen molar-refractivity contribution < 1.29 is 13.2 Å². The van der Waals surface area contributed by atoms with Crippen LogP contribution in [0.25, 0.3) is 0 Å². The lowest BCUT2D eigenvalue weighted by Gasteiger charge is -2.12. The molecule has 7 heteroatoms. The molecule has 0 atom stereocenters. The van der Waals surface area contributed by atoms with Gasteiger partial charge in [-0.1, -0.05) is 25.1 Å². The van der Waals surface area contributed by atoms with Gasteiger partial charge in [-0.15, -0.1) is 0 Å². The van der Waals surface area contributed by atoms with Crippen molar-refractivity contribution in [1.82, 2.24) is 4.98 Å². The summed E-state index contributed by atoms with van der Waals surface area (Å²) in [4.78, 5) is 16.0. The normalized spacial score (nSPS) is 11.0. The van der Waals surface area contributed by atoms with Crippen LogP contribution in [-0.2, 0) is 10.0 Å². The molecule has 2 aromatic rings. The highest BCUT2D eigenvalue weighted by Crippen LogP contribution is 2.22. The van der Waals surface area contributed by atoms with Crippen molar-refractivity contribution in [2.75, 3.05) is 15.8 Å². The van der Waals surface area contributed by atoms with Crippen LogP contribution in [-0.4, -0.2) is 25.1 Å². The Morgan fingerprint density at radius 2 is 1.86 bits per heavy atom. The first-order valence-electron chi connectivity index (χ1n) is 6.83. The fraction of sp³-hybridized carbons (Fsp3) is 0.200. The van der Waals surface area contributed by atoms with Gasteiger partial charge in [-0.05, 0) is 24.6 Å². The second-order valence-corrected chi connectivity index (χ2v) is 6.50. The van der Waals surface area contributed by atoms with Gasteiger partial charge in [0.15, 0.2) is 0 Å². The molecule has 0 fully saturated rings. The van der Waals surface area contributed by atoms with Crippen molar-refractivity contribution in [1.29, 1.82) is 0 Å². The summed E-state index contributed by atoms with van der Waals surface area (Å²) in [5, 5.41) is 2.69. The van der Waals surface area contributed by atoms with E-state index in [9.17, 15) is 13.2 Å². The number of hydrogen-bond donors (Lipinski definition) is 2. The van der Waals surface area contributed by atoms with Crippen molar-refractivity contribution in [3.8, 4) is 0 Å². The first-order valence-corrected chi connectivity index (χ1v) is 8.48. The van der Waals surface area contributed by atoms with Crippen molar-refractivity contribution >= 4 is 27.3 Å². The van der Waals surface area contributed by atoms with Crippen molar-refractivity contribution in [2.24, 2.45) is 0 Å². The van der Waals surface area contributed by atoms with Gasteiger partial charge in [-0.2, -0.15) is 0 Å². The van der Waals surface area contributed by atoms with Crippen LogP contribution in [0.15, 0.2) is 48.8 Å². The Bertz CT molecular complexity index is 746. The van der Waals surface area contributed by atoms with E-state index in [1.54, 1.807) is 37.3 Å². The number of hydrogen-bond acceptors (Lipinski definition) is 4. The minimum atomic E-state index is -3.45. The Labute approximate surface area is 129 Å². The zero-order chi connectivity index (χ0) is 16.0. The topological polar surface area (TPSA) is 88.2 Å². The minimum absolute atomic E-state index is 0.00790. The molecule has 1 aromatic heterocycles. The van der Waals surface area contributed by atoms with E-state index < -0.39 is 10.0 Å². The molecule has 0 radical (unpaired) electrons. The van der Waals surface area contributed by atoms with Gasteiger partial charge in [-0.3, -0.25) is 14.5 Å². The molecule has 6 nitrogen and oxygen atoms in total. The van der Waals surface area contributed by atoms with Crippen molar-refractivity contribution in [3.05, 3.63) is 54.4 Å². The number of amides is 1. The van der Waals surface area contributed by atoms with E-state index in [-0.39, 0.29) is 17.3 Å². The number of nitrogens with zero attached hydrogens (tertiary/aromatic N) is 1. The average molecular weight is 319 g/mol. The zero-order valence-corrected chi connectivity index (χ0v) is 12.9. The molecule has 0 aliphatic carbocycles. The number of rotatable bonds is 6. The third kappa shape index (κ3) is 4.29. The molecule has 0 aliphatic heterocycles. The van der Waals surface area contributed by atoms with E-state index in [0.717, 1.165) is 0 Å². The molecular formula is C15H17N3O3S.